The number of aliphatic hydroxyl groups is 1. The van der Waals surface area contributed by atoms with Crippen LogP contribution >= 0.6 is 0 Å². The van der Waals surface area contributed by atoms with Crippen LogP contribution in [0.25, 0.3) is 0 Å². The van der Waals surface area contributed by atoms with Crippen LogP contribution in [0.3, 0.4) is 0 Å². The van der Waals surface area contributed by atoms with Crippen LogP contribution in [0.15, 0.2) is 49.6 Å². The molecule has 9 nitrogen and oxygen atoms in total. The summed E-state index contributed by atoms with van der Waals surface area (Å²) in [5.41, 5.74) is -1.51. The maximum Gasteiger partial charge on any atom is 0.248 e. The fourth-order valence-electron chi connectivity index (χ4n) is 7.98. The Morgan fingerprint density at radius 2 is 1.82 bits per heavy atom. The molecule has 1 aromatic carbocycles. The molecule has 1 aromatic rings. The summed E-state index contributed by atoms with van der Waals surface area (Å²) in [5, 5.41) is 10.7. The van der Waals surface area contributed by atoms with Gasteiger partial charge < -0.3 is 29.3 Å². The average Bonchev–Trinajstić information content (AvgIpc) is 3.54. The SMILES string of the molecule is C=CCN(CCCC)C(=O)C1N([C@@H](CO)[C@@H](C)CC)C(=O)[C@@H]2[C@H](C(=O)N(CC=C)c3ccc(OCC)cc3)[C@@]3(C)OC12CC3C. The van der Waals surface area contributed by atoms with Crippen molar-refractivity contribution in [2.45, 2.75) is 90.5 Å². The lowest BCUT2D eigenvalue weighted by Gasteiger charge is -2.41. The monoisotopic (exact) mass is 623 g/mol. The van der Waals surface area contributed by atoms with Crippen molar-refractivity contribution in [3.05, 3.63) is 49.6 Å². The van der Waals surface area contributed by atoms with Gasteiger partial charge in [-0.1, -0.05) is 52.7 Å². The third kappa shape index (κ3) is 5.82. The van der Waals surface area contributed by atoms with E-state index in [1.807, 2.05) is 58.9 Å². The molecule has 1 spiro atoms. The Balaban J connectivity index is 1.85. The average molecular weight is 624 g/mol. The second-order valence-corrected chi connectivity index (χ2v) is 13.2. The van der Waals surface area contributed by atoms with Gasteiger partial charge in [-0.15, -0.1) is 13.2 Å². The van der Waals surface area contributed by atoms with E-state index in [1.165, 1.54) is 0 Å². The first-order valence-electron chi connectivity index (χ1n) is 16.7. The molecule has 8 atom stereocenters. The van der Waals surface area contributed by atoms with E-state index >= 15 is 0 Å². The summed E-state index contributed by atoms with van der Waals surface area (Å²) in [4.78, 5) is 49.3. The number of hydrogen-bond acceptors (Lipinski definition) is 6. The molecule has 3 aliphatic heterocycles. The summed E-state index contributed by atoms with van der Waals surface area (Å²) in [5.74, 6) is -1.92. The third-order valence-electron chi connectivity index (χ3n) is 10.6. The van der Waals surface area contributed by atoms with Crippen LogP contribution in [-0.4, -0.2) is 88.8 Å². The van der Waals surface area contributed by atoms with E-state index in [1.54, 1.807) is 26.9 Å². The maximum atomic E-state index is 14.8. The minimum atomic E-state index is -1.20. The first-order valence-corrected chi connectivity index (χ1v) is 16.7. The summed E-state index contributed by atoms with van der Waals surface area (Å²) in [7, 11) is 0. The van der Waals surface area contributed by atoms with Crippen LogP contribution < -0.4 is 9.64 Å². The molecule has 4 rings (SSSR count). The zero-order valence-electron chi connectivity index (χ0n) is 28.0. The van der Waals surface area contributed by atoms with Crippen molar-refractivity contribution in [1.82, 2.24) is 9.80 Å². The normalized spacial score (nSPS) is 29.7. The molecular weight excluding hydrogens is 570 g/mol. The van der Waals surface area contributed by atoms with E-state index in [2.05, 4.69) is 20.1 Å². The van der Waals surface area contributed by atoms with Gasteiger partial charge >= 0.3 is 0 Å². The van der Waals surface area contributed by atoms with E-state index in [0.717, 1.165) is 12.8 Å². The molecule has 2 bridgehead atoms. The smallest absolute Gasteiger partial charge is 0.248 e. The zero-order chi connectivity index (χ0) is 33.1. The minimum absolute atomic E-state index is 0.0755. The molecule has 248 valence electrons. The Kier molecular flexibility index (Phi) is 10.9. The van der Waals surface area contributed by atoms with Crippen LogP contribution in [0.5, 0.6) is 5.75 Å². The number of rotatable bonds is 16. The quantitative estimate of drug-likeness (QED) is 0.265. The minimum Gasteiger partial charge on any atom is -0.494 e. The van der Waals surface area contributed by atoms with Gasteiger partial charge in [-0.2, -0.15) is 0 Å². The van der Waals surface area contributed by atoms with E-state index in [0.29, 0.717) is 44.0 Å². The molecule has 3 amide bonds. The predicted octanol–water partition coefficient (Wildman–Crippen LogP) is 4.84. The van der Waals surface area contributed by atoms with Crippen LogP contribution in [0.4, 0.5) is 5.69 Å². The molecular formula is C36H53N3O6. The van der Waals surface area contributed by atoms with E-state index < -0.39 is 35.1 Å². The summed E-state index contributed by atoms with van der Waals surface area (Å²) in [6.45, 7) is 21.1. The number of hydrogen-bond donors (Lipinski definition) is 1. The number of carbonyl (C=O) groups excluding carboxylic acids is 3. The Hall–Kier alpha value is -3.17. The lowest BCUT2D eigenvalue weighted by atomic mass is 9.62. The number of nitrogens with zero attached hydrogens (tertiary/aromatic N) is 3. The number of benzene rings is 1. The Bertz CT molecular complexity index is 1250. The molecule has 9 heteroatoms. The first-order chi connectivity index (χ1) is 21.5. The fraction of sp³-hybridized carbons (Fsp3) is 0.639. The number of ether oxygens (including phenoxy) is 2. The van der Waals surface area contributed by atoms with Gasteiger partial charge in [0.15, 0.2) is 0 Å². The summed E-state index contributed by atoms with van der Waals surface area (Å²) < 4.78 is 12.6. The number of unbranched alkanes of at least 4 members (excludes halogenated alkanes) is 1. The highest BCUT2D eigenvalue weighted by atomic mass is 16.5. The molecule has 3 heterocycles. The molecule has 0 radical (unpaired) electrons. The van der Waals surface area contributed by atoms with Gasteiger partial charge in [-0.25, -0.2) is 0 Å². The van der Waals surface area contributed by atoms with Crippen molar-refractivity contribution >= 4 is 23.4 Å². The summed E-state index contributed by atoms with van der Waals surface area (Å²) >= 11 is 0. The largest absolute Gasteiger partial charge is 0.494 e. The second-order valence-electron chi connectivity index (χ2n) is 13.2. The zero-order valence-corrected chi connectivity index (χ0v) is 28.0. The molecule has 0 aromatic heterocycles. The number of anilines is 1. The maximum absolute atomic E-state index is 14.8. The molecule has 3 saturated heterocycles. The van der Waals surface area contributed by atoms with Crippen molar-refractivity contribution in [3.63, 3.8) is 0 Å². The number of carbonyl (C=O) groups is 3. The van der Waals surface area contributed by atoms with Crippen LogP contribution in [0.2, 0.25) is 0 Å². The fourth-order valence-corrected chi connectivity index (χ4v) is 7.98. The topological polar surface area (TPSA) is 99.6 Å². The Labute approximate surface area is 269 Å². The molecule has 45 heavy (non-hydrogen) atoms. The van der Waals surface area contributed by atoms with Gasteiger partial charge in [0.05, 0.1) is 36.7 Å². The highest BCUT2D eigenvalue weighted by Crippen LogP contribution is 2.66. The lowest BCUT2D eigenvalue weighted by Crippen LogP contribution is -2.60. The van der Waals surface area contributed by atoms with Crippen molar-refractivity contribution in [2.75, 3.05) is 37.7 Å². The van der Waals surface area contributed by atoms with E-state index in [-0.39, 0.29) is 42.7 Å². The molecule has 0 saturated carbocycles. The summed E-state index contributed by atoms with van der Waals surface area (Å²) in [6.07, 6.45) is 6.26. The highest BCUT2D eigenvalue weighted by Gasteiger charge is 2.80. The standard InChI is InChI=1S/C36H53N3O6/c1-9-14-21-37(19-10-2)34(43)31-36-22-25(7)35(8,45-36)29(30(36)33(42)39(31)28(23-40)24(6)12-4)32(41)38(20-11-3)26-15-17-27(18-16-26)44-13-5/h10-11,15-18,24-25,28-31,40H,2-3,9,12-14,19-23H2,1,4-8H3/t24-,25?,28-,29+,30-,31?,35-,36?/m0/s1. The van der Waals surface area contributed by atoms with Gasteiger partial charge in [0.25, 0.3) is 0 Å². The van der Waals surface area contributed by atoms with Gasteiger partial charge in [-0.05, 0) is 62.8 Å². The third-order valence-corrected chi connectivity index (χ3v) is 10.6. The molecule has 3 unspecified atom stereocenters. The highest BCUT2D eigenvalue weighted by molar-refractivity contribution is 6.03. The number of amides is 3. The van der Waals surface area contributed by atoms with Gasteiger partial charge in [0.1, 0.15) is 17.4 Å². The number of aliphatic hydroxyl groups excluding tert-OH is 1. The van der Waals surface area contributed by atoms with Crippen molar-refractivity contribution in [2.24, 2.45) is 23.7 Å². The molecule has 1 N–H and O–H groups in total. The van der Waals surface area contributed by atoms with Crippen molar-refractivity contribution in [3.8, 4) is 5.75 Å². The van der Waals surface area contributed by atoms with E-state index in [9.17, 15) is 19.5 Å². The van der Waals surface area contributed by atoms with Crippen molar-refractivity contribution in [1.29, 1.82) is 0 Å². The Morgan fingerprint density at radius 1 is 1.16 bits per heavy atom. The second kappa shape index (κ2) is 14.1. The number of likely N-dealkylation sites (tertiary alicyclic amines) is 1. The van der Waals surface area contributed by atoms with Gasteiger partial charge in [0.2, 0.25) is 17.7 Å². The van der Waals surface area contributed by atoms with Crippen LogP contribution in [0.1, 0.15) is 67.2 Å². The molecule has 3 fully saturated rings. The van der Waals surface area contributed by atoms with Crippen molar-refractivity contribution < 1.29 is 29.0 Å². The van der Waals surface area contributed by atoms with Crippen LogP contribution in [-0.2, 0) is 19.1 Å². The van der Waals surface area contributed by atoms with Gasteiger partial charge in [0, 0.05) is 25.3 Å². The predicted molar refractivity (Wildman–Crippen MR) is 176 cm³/mol. The lowest BCUT2D eigenvalue weighted by molar-refractivity contribution is -0.156. The van der Waals surface area contributed by atoms with E-state index in [4.69, 9.17) is 9.47 Å². The first kappa shape index (κ1) is 34.7. The molecule has 0 aliphatic carbocycles. The van der Waals surface area contributed by atoms with Crippen LogP contribution in [0, 0.1) is 23.7 Å². The summed E-state index contributed by atoms with van der Waals surface area (Å²) in [6, 6.07) is 5.77. The molecule has 3 aliphatic rings. The van der Waals surface area contributed by atoms with Gasteiger partial charge in [-0.3, -0.25) is 14.4 Å². The Morgan fingerprint density at radius 3 is 2.38 bits per heavy atom. The number of fused-ring (bicyclic) bond motifs is 1.